The molecule has 7 nitrogen and oxygen atoms in total. The van der Waals surface area contributed by atoms with Crippen molar-refractivity contribution in [1.82, 2.24) is 4.90 Å². The number of hydrogen-bond donors (Lipinski definition) is 1. The Labute approximate surface area is 188 Å². The van der Waals surface area contributed by atoms with Crippen LogP contribution in [0.5, 0.6) is 11.5 Å². The van der Waals surface area contributed by atoms with E-state index in [-0.39, 0.29) is 5.78 Å². The third-order valence-electron chi connectivity index (χ3n) is 5.75. The van der Waals surface area contributed by atoms with Crippen molar-refractivity contribution < 1.29 is 28.8 Å². The summed E-state index contributed by atoms with van der Waals surface area (Å²) in [5, 5.41) is 0. The van der Waals surface area contributed by atoms with Gasteiger partial charge in [0.25, 0.3) is 5.91 Å². The summed E-state index contributed by atoms with van der Waals surface area (Å²) in [6.07, 6.45) is 0. The lowest BCUT2D eigenvalue weighted by molar-refractivity contribution is -0.857. The fourth-order valence-electron chi connectivity index (χ4n) is 4.08. The minimum absolute atomic E-state index is 0.354. The van der Waals surface area contributed by atoms with Gasteiger partial charge in [0, 0.05) is 5.56 Å². The Balaban J connectivity index is 2.02. The summed E-state index contributed by atoms with van der Waals surface area (Å²) in [7, 11) is 5.53. The number of quaternary nitrogens is 1. The van der Waals surface area contributed by atoms with Crippen LogP contribution in [0, 0.1) is 12.8 Å². The van der Waals surface area contributed by atoms with Gasteiger partial charge in [-0.15, -0.1) is 0 Å². The van der Waals surface area contributed by atoms with Crippen molar-refractivity contribution in [3.8, 4) is 11.5 Å². The fourth-order valence-corrected chi connectivity index (χ4v) is 4.08. The maximum Gasteiger partial charge on any atom is 0.291 e. The van der Waals surface area contributed by atoms with Crippen LogP contribution < -0.4 is 14.4 Å². The van der Waals surface area contributed by atoms with E-state index in [1.54, 1.807) is 42.3 Å². The number of amides is 1. The van der Waals surface area contributed by atoms with Gasteiger partial charge < -0.3 is 19.3 Å². The first kappa shape index (κ1) is 23.5. The molecule has 1 fully saturated rings. The Hall–Kier alpha value is -3.19. The normalized spacial score (nSPS) is 18.4. The molecule has 2 unspecified atom stereocenters. The Morgan fingerprint density at radius 2 is 1.78 bits per heavy atom. The van der Waals surface area contributed by atoms with Crippen molar-refractivity contribution in [2.24, 2.45) is 5.92 Å². The zero-order valence-corrected chi connectivity index (χ0v) is 19.3. The number of nitrogens with zero attached hydrogens (tertiary/aromatic N) is 1. The van der Waals surface area contributed by atoms with E-state index in [1.807, 2.05) is 40.1 Å². The van der Waals surface area contributed by atoms with Crippen molar-refractivity contribution >= 4 is 17.5 Å². The molecule has 0 aromatic heterocycles. The maximum absolute atomic E-state index is 13.5. The van der Waals surface area contributed by atoms with Crippen LogP contribution >= 0.6 is 0 Å². The minimum Gasteiger partial charge on any atom is -0.496 e. The zero-order chi connectivity index (χ0) is 23.4. The molecule has 0 aliphatic carbocycles. The molecule has 1 aliphatic rings. The number of likely N-dealkylation sites (N-methyl/N-ethyl adjacent to an activating group) is 1. The molecule has 1 aliphatic heterocycles. The van der Waals surface area contributed by atoms with Gasteiger partial charge in [0.2, 0.25) is 5.78 Å². The lowest BCUT2D eigenvalue weighted by Gasteiger charge is -2.27. The summed E-state index contributed by atoms with van der Waals surface area (Å²) >= 11 is 0. The van der Waals surface area contributed by atoms with Crippen LogP contribution in [0.2, 0.25) is 0 Å². The summed E-state index contributed by atoms with van der Waals surface area (Å²) in [5.74, 6) is -1.35. The van der Waals surface area contributed by atoms with Crippen molar-refractivity contribution in [3.05, 3.63) is 59.2 Å². The van der Waals surface area contributed by atoms with Crippen molar-refractivity contribution in [2.75, 3.05) is 40.9 Å². The molecule has 170 valence electrons. The third-order valence-corrected chi connectivity index (χ3v) is 5.75. The number of methoxy groups -OCH3 is 1. The monoisotopic (exact) mass is 439 g/mol. The van der Waals surface area contributed by atoms with Gasteiger partial charge in [0.05, 0.1) is 46.9 Å². The molecule has 0 spiro atoms. The number of aryl methyl sites for hydroxylation is 1. The first-order valence-electron chi connectivity index (χ1n) is 10.8. The van der Waals surface area contributed by atoms with Crippen LogP contribution in [0.3, 0.4) is 0 Å². The molecule has 0 saturated carbocycles. The van der Waals surface area contributed by atoms with E-state index in [2.05, 4.69) is 0 Å². The molecule has 2 atom stereocenters. The van der Waals surface area contributed by atoms with Gasteiger partial charge >= 0.3 is 0 Å². The Morgan fingerprint density at radius 1 is 1.09 bits per heavy atom. The predicted molar refractivity (Wildman–Crippen MR) is 120 cm³/mol. The molecule has 1 heterocycles. The number of ketones is 2. The predicted octanol–water partition coefficient (Wildman–Crippen LogP) is 1.50. The fraction of sp³-hybridized carbons (Fsp3) is 0.400. The van der Waals surface area contributed by atoms with Crippen LogP contribution in [0.4, 0.5) is 0 Å². The second-order valence-corrected chi connectivity index (χ2v) is 8.29. The highest BCUT2D eigenvalue weighted by Gasteiger charge is 2.51. The van der Waals surface area contributed by atoms with E-state index in [0.29, 0.717) is 36.8 Å². The van der Waals surface area contributed by atoms with Crippen LogP contribution in [0.15, 0.2) is 42.5 Å². The van der Waals surface area contributed by atoms with Crippen molar-refractivity contribution in [3.63, 3.8) is 0 Å². The largest absolute Gasteiger partial charge is 0.496 e. The number of likely N-dealkylation sites (tertiary alicyclic amines) is 1. The van der Waals surface area contributed by atoms with Crippen molar-refractivity contribution in [1.29, 1.82) is 0 Å². The highest BCUT2D eigenvalue weighted by molar-refractivity contribution is 6.44. The first-order chi connectivity index (χ1) is 15.3. The molecule has 7 heteroatoms. The number of hydrogen-bond acceptors (Lipinski definition) is 5. The molecular weight excluding hydrogens is 408 g/mol. The topological polar surface area (TPSA) is 77.3 Å². The number of carbonyl (C=O) groups excluding carboxylic acids is 3. The molecule has 1 amide bonds. The number of Topliss-reactive ketones (excluding diaryl/α,β-unsaturated/α-hetero) is 2. The molecule has 0 bridgehead atoms. The van der Waals surface area contributed by atoms with Crippen LogP contribution in [0.1, 0.15) is 34.5 Å². The van der Waals surface area contributed by atoms with Gasteiger partial charge in [-0.25, -0.2) is 0 Å². The summed E-state index contributed by atoms with van der Waals surface area (Å²) < 4.78 is 10.8. The van der Waals surface area contributed by atoms with Crippen molar-refractivity contribution in [2.45, 2.75) is 19.9 Å². The molecule has 32 heavy (non-hydrogen) atoms. The molecule has 1 N–H and O–H groups in total. The van der Waals surface area contributed by atoms with Gasteiger partial charge in [-0.1, -0.05) is 12.1 Å². The van der Waals surface area contributed by atoms with Gasteiger partial charge in [-0.3, -0.25) is 14.4 Å². The molecule has 3 rings (SSSR count). The number of rotatable bonds is 9. The summed E-state index contributed by atoms with van der Waals surface area (Å²) in [6, 6.07) is 11.7. The van der Waals surface area contributed by atoms with Crippen LogP contribution in [-0.2, 0) is 9.59 Å². The summed E-state index contributed by atoms with van der Waals surface area (Å²) in [6.45, 7) is 5.33. The van der Waals surface area contributed by atoms with E-state index in [9.17, 15) is 14.4 Å². The standard InChI is InChI=1S/C25H30N2O5/c1-6-32-19-10-7-17(8-11-19)22-21(24(29)25(30)27(22)14-13-26(3)4)23(28)18-9-12-20(31-5)16(2)15-18/h7-12,15,21-22H,6,13-14H2,1-5H3/p+1. The average molecular weight is 440 g/mol. The molecule has 1 saturated heterocycles. The summed E-state index contributed by atoms with van der Waals surface area (Å²) in [5.41, 5.74) is 1.93. The second kappa shape index (κ2) is 9.96. The number of nitrogens with one attached hydrogen (secondary N) is 1. The van der Waals surface area contributed by atoms with Gasteiger partial charge in [0.15, 0.2) is 5.78 Å². The van der Waals surface area contributed by atoms with Crippen LogP contribution in [0.25, 0.3) is 0 Å². The summed E-state index contributed by atoms with van der Waals surface area (Å²) in [4.78, 5) is 42.2. The molecular formula is C25H31N2O5+. The number of benzene rings is 2. The maximum atomic E-state index is 13.5. The van der Waals surface area contributed by atoms with Crippen LogP contribution in [-0.4, -0.2) is 63.3 Å². The zero-order valence-electron chi connectivity index (χ0n) is 19.3. The minimum atomic E-state index is -1.09. The van der Waals surface area contributed by atoms with E-state index in [4.69, 9.17) is 9.47 Å². The highest BCUT2D eigenvalue weighted by atomic mass is 16.5. The van der Waals surface area contributed by atoms with Gasteiger partial charge in [-0.05, 0) is 55.3 Å². The number of carbonyl (C=O) groups is 3. The lowest BCUT2D eigenvalue weighted by Crippen LogP contribution is -3.06. The Kier molecular flexibility index (Phi) is 7.30. The highest BCUT2D eigenvalue weighted by Crippen LogP contribution is 2.38. The smallest absolute Gasteiger partial charge is 0.291 e. The molecule has 0 radical (unpaired) electrons. The Bertz CT molecular complexity index is 1000. The number of ether oxygens (including phenoxy) is 2. The van der Waals surface area contributed by atoms with E-state index >= 15 is 0 Å². The van der Waals surface area contributed by atoms with Gasteiger partial charge in [-0.2, -0.15) is 0 Å². The Morgan fingerprint density at radius 3 is 2.34 bits per heavy atom. The third kappa shape index (κ3) is 4.67. The lowest BCUT2D eigenvalue weighted by atomic mass is 9.86. The quantitative estimate of drug-likeness (QED) is 0.364. The van der Waals surface area contributed by atoms with Gasteiger partial charge in [0.1, 0.15) is 17.4 Å². The average Bonchev–Trinajstić information content (AvgIpc) is 3.02. The first-order valence-corrected chi connectivity index (χ1v) is 10.8. The second-order valence-electron chi connectivity index (χ2n) is 8.29. The molecule has 2 aromatic rings. The SMILES string of the molecule is CCOc1ccc(C2C(C(=O)c3ccc(OC)c(C)c3)C(=O)C(=O)N2CC[NH+](C)C)cc1. The van der Waals surface area contributed by atoms with E-state index in [0.717, 1.165) is 16.0 Å². The van der Waals surface area contributed by atoms with E-state index in [1.165, 1.54) is 0 Å². The van der Waals surface area contributed by atoms with E-state index < -0.39 is 23.7 Å². The molecule has 2 aromatic carbocycles.